The van der Waals surface area contributed by atoms with Crippen LogP contribution in [0.4, 0.5) is 11.5 Å². The highest BCUT2D eigenvalue weighted by atomic mass is 35.5. The fourth-order valence-corrected chi connectivity index (χ4v) is 2.33. The van der Waals surface area contributed by atoms with Gasteiger partial charge in [-0.1, -0.05) is 30.1 Å². The quantitative estimate of drug-likeness (QED) is 0.838. The molecule has 5 nitrogen and oxygen atoms in total. The molecule has 1 atom stereocenters. The molecule has 1 heterocycles. The molecular formula is C16H18Cl2N4O. The first kappa shape index (κ1) is 17.5. The van der Waals surface area contributed by atoms with Crippen molar-refractivity contribution in [1.82, 2.24) is 15.3 Å². The van der Waals surface area contributed by atoms with Crippen LogP contribution in [0.25, 0.3) is 0 Å². The molecule has 0 aliphatic heterocycles. The second-order valence-electron chi connectivity index (χ2n) is 5.22. The standard InChI is InChI=1S/C16H18Cl2N4O/c1-4-9(2)19-16(23)14-8-15(21-10(3)20-14)22-13-6-5-11(17)7-12(13)18/h5-9H,4H2,1-3H3,(H,19,23)(H,20,21,22). The van der Waals surface area contributed by atoms with E-state index >= 15 is 0 Å². The van der Waals surface area contributed by atoms with Gasteiger partial charge in [-0.2, -0.15) is 0 Å². The van der Waals surface area contributed by atoms with Crippen molar-refractivity contribution in [2.45, 2.75) is 33.2 Å². The lowest BCUT2D eigenvalue weighted by molar-refractivity contribution is 0.0934. The van der Waals surface area contributed by atoms with E-state index in [9.17, 15) is 4.79 Å². The molecule has 2 rings (SSSR count). The minimum absolute atomic E-state index is 0.0832. The maximum atomic E-state index is 12.2. The zero-order chi connectivity index (χ0) is 17.0. The number of carbonyl (C=O) groups excluding carboxylic acids is 1. The molecule has 0 aliphatic carbocycles. The molecule has 2 aromatic rings. The second-order valence-corrected chi connectivity index (χ2v) is 6.06. The van der Waals surface area contributed by atoms with Gasteiger partial charge < -0.3 is 10.6 Å². The molecule has 1 aromatic heterocycles. The third-order valence-electron chi connectivity index (χ3n) is 3.25. The number of aryl methyl sites for hydroxylation is 1. The van der Waals surface area contributed by atoms with Gasteiger partial charge in [0.05, 0.1) is 10.7 Å². The second kappa shape index (κ2) is 7.62. The molecular weight excluding hydrogens is 335 g/mol. The van der Waals surface area contributed by atoms with E-state index in [0.717, 1.165) is 6.42 Å². The van der Waals surface area contributed by atoms with Crippen LogP contribution in [-0.4, -0.2) is 21.9 Å². The average Bonchev–Trinajstić information content (AvgIpc) is 2.49. The van der Waals surface area contributed by atoms with Gasteiger partial charge >= 0.3 is 0 Å². The molecule has 1 amide bonds. The van der Waals surface area contributed by atoms with Crippen LogP contribution in [0.2, 0.25) is 10.0 Å². The van der Waals surface area contributed by atoms with Crippen LogP contribution in [0.15, 0.2) is 24.3 Å². The molecule has 0 saturated heterocycles. The number of hydrogen-bond donors (Lipinski definition) is 2. The average molecular weight is 353 g/mol. The smallest absolute Gasteiger partial charge is 0.270 e. The van der Waals surface area contributed by atoms with Crippen LogP contribution in [0.1, 0.15) is 36.6 Å². The van der Waals surface area contributed by atoms with Crippen molar-refractivity contribution < 1.29 is 4.79 Å². The van der Waals surface area contributed by atoms with E-state index in [2.05, 4.69) is 20.6 Å². The van der Waals surface area contributed by atoms with Gasteiger partial charge in [-0.25, -0.2) is 9.97 Å². The Labute approximate surface area is 145 Å². The van der Waals surface area contributed by atoms with E-state index in [1.165, 1.54) is 0 Å². The first-order chi connectivity index (χ1) is 10.9. The van der Waals surface area contributed by atoms with Gasteiger partial charge in [0.25, 0.3) is 5.91 Å². The third kappa shape index (κ3) is 4.81. The van der Waals surface area contributed by atoms with Crippen molar-refractivity contribution in [2.24, 2.45) is 0 Å². The Morgan fingerprint density at radius 1 is 1.26 bits per heavy atom. The van der Waals surface area contributed by atoms with Crippen molar-refractivity contribution in [1.29, 1.82) is 0 Å². The lowest BCUT2D eigenvalue weighted by atomic mass is 10.2. The molecule has 7 heteroatoms. The van der Waals surface area contributed by atoms with Gasteiger partial charge in [0.1, 0.15) is 17.3 Å². The van der Waals surface area contributed by atoms with Crippen LogP contribution in [0.5, 0.6) is 0 Å². The number of nitrogens with zero attached hydrogens (tertiary/aromatic N) is 2. The third-order valence-corrected chi connectivity index (χ3v) is 3.80. The Balaban J connectivity index is 2.24. The number of aromatic nitrogens is 2. The number of benzene rings is 1. The van der Waals surface area contributed by atoms with Crippen molar-refractivity contribution in [3.05, 3.63) is 45.8 Å². The van der Waals surface area contributed by atoms with Gasteiger partial charge in [-0.05, 0) is 38.5 Å². The van der Waals surface area contributed by atoms with E-state index < -0.39 is 0 Å². The van der Waals surface area contributed by atoms with E-state index in [0.29, 0.717) is 33.1 Å². The highest BCUT2D eigenvalue weighted by Crippen LogP contribution is 2.27. The number of carbonyl (C=O) groups is 1. The summed E-state index contributed by atoms with van der Waals surface area (Å²) in [6, 6.07) is 6.78. The summed E-state index contributed by atoms with van der Waals surface area (Å²) in [6.45, 7) is 5.68. The van der Waals surface area contributed by atoms with Crippen LogP contribution >= 0.6 is 23.2 Å². The SMILES string of the molecule is CCC(C)NC(=O)c1cc(Nc2ccc(Cl)cc2Cl)nc(C)n1. The van der Waals surface area contributed by atoms with Crippen LogP contribution in [0, 0.1) is 6.92 Å². The Hall–Kier alpha value is -1.85. The maximum absolute atomic E-state index is 12.2. The zero-order valence-electron chi connectivity index (χ0n) is 13.2. The topological polar surface area (TPSA) is 66.9 Å². The fraction of sp³-hybridized carbons (Fsp3) is 0.312. The molecule has 23 heavy (non-hydrogen) atoms. The highest BCUT2D eigenvalue weighted by molar-refractivity contribution is 6.36. The summed E-state index contributed by atoms with van der Waals surface area (Å²) in [5.41, 5.74) is 0.966. The predicted molar refractivity (Wildman–Crippen MR) is 93.7 cm³/mol. The molecule has 0 aliphatic rings. The summed E-state index contributed by atoms with van der Waals surface area (Å²) in [5.74, 6) is 0.764. The van der Waals surface area contributed by atoms with Gasteiger partial charge in [0.15, 0.2) is 0 Å². The van der Waals surface area contributed by atoms with E-state index in [4.69, 9.17) is 23.2 Å². The van der Waals surface area contributed by atoms with Crippen molar-refractivity contribution in [3.8, 4) is 0 Å². The number of hydrogen-bond acceptors (Lipinski definition) is 4. The Bertz CT molecular complexity index is 721. The molecule has 0 spiro atoms. The Morgan fingerprint density at radius 3 is 2.65 bits per heavy atom. The normalized spacial score (nSPS) is 11.9. The number of halogens is 2. The summed E-state index contributed by atoms with van der Waals surface area (Å²) in [7, 11) is 0. The largest absolute Gasteiger partial charge is 0.348 e. The summed E-state index contributed by atoms with van der Waals surface area (Å²) in [5, 5.41) is 6.98. The minimum atomic E-state index is -0.227. The van der Waals surface area contributed by atoms with E-state index in [-0.39, 0.29) is 11.9 Å². The van der Waals surface area contributed by atoms with Crippen LogP contribution in [0.3, 0.4) is 0 Å². The molecule has 0 bridgehead atoms. The lowest BCUT2D eigenvalue weighted by Gasteiger charge is -2.13. The van der Waals surface area contributed by atoms with Gasteiger partial charge in [-0.15, -0.1) is 0 Å². The molecule has 0 fully saturated rings. The Morgan fingerprint density at radius 2 is 2.00 bits per heavy atom. The number of nitrogens with one attached hydrogen (secondary N) is 2. The highest BCUT2D eigenvalue weighted by Gasteiger charge is 2.13. The molecule has 2 N–H and O–H groups in total. The summed E-state index contributed by atoms with van der Waals surface area (Å²) < 4.78 is 0. The number of anilines is 2. The summed E-state index contributed by atoms with van der Waals surface area (Å²) in [4.78, 5) is 20.7. The Kier molecular flexibility index (Phi) is 5.80. The van der Waals surface area contributed by atoms with Crippen molar-refractivity contribution >= 4 is 40.6 Å². The first-order valence-electron chi connectivity index (χ1n) is 7.27. The van der Waals surface area contributed by atoms with E-state index in [1.807, 2.05) is 13.8 Å². The van der Waals surface area contributed by atoms with Gasteiger partial charge in [-0.3, -0.25) is 4.79 Å². The van der Waals surface area contributed by atoms with Crippen LogP contribution in [-0.2, 0) is 0 Å². The molecule has 0 saturated carbocycles. The van der Waals surface area contributed by atoms with Crippen molar-refractivity contribution in [2.75, 3.05) is 5.32 Å². The molecule has 0 radical (unpaired) electrons. The first-order valence-corrected chi connectivity index (χ1v) is 8.03. The predicted octanol–water partition coefficient (Wildman–Crippen LogP) is 4.36. The number of rotatable bonds is 5. The minimum Gasteiger partial charge on any atom is -0.348 e. The number of amides is 1. The fourth-order valence-electron chi connectivity index (χ4n) is 1.88. The van der Waals surface area contributed by atoms with Gasteiger partial charge in [0, 0.05) is 17.1 Å². The zero-order valence-corrected chi connectivity index (χ0v) is 14.7. The van der Waals surface area contributed by atoms with Crippen LogP contribution < -0.4 is 10.6 Å². The summed E-state index contributed by atoms with van der Waals surface area (Å²) in [6.07, 6.45) is 0.849. The van der Waals surface area contributed by atoms with Gasteiger partial charge in [0.2, 0.25) is 0 Å². The monoisotopic (exact) mass is 352 g/mol. The van der Waals surface area contributed by atoms with Crippen molar-refractivity contribution in [3.63, 3.8) is 0 Å². The molecule has 1 unspecified atom stereocenters. The molecule has 122 valence electrons. The lowest BCUT2D eigenvalue weighted by Crippen LogP contribution is -2.32. The summed E-state index contributed by atoms with van der Waals surface area (Å²) >= 11 is 12.0. The maximum Gasteiger partial charge on any atom is 0.270 e. The molecule has 1 aromatic carbocycles. The van der Waals surface area contributed by atoms with E-state index in [1.54, 1.807) is 31.2 Å².